The molecule has 1 heterocycles. The van der Waals surface area contributed by atoms with Crippen molar-refractivity contribution in [2.75, 3.05) is 0 Å². The van der Waals surface area contributed by atoms with Crippen LogP contribution >= 0.6 is 0 Å². The molecule has 1 N–H and O–H groups in total. The molecule has 1 aliphatic rings. The first kappa shape index (κ1) is 12.9. The fraction of sp³-hybridized carbons (Fsp3) is 0.500. The van der Waals surface area contributed by atoms with Crippen LogP contribution in [-0.4, -0.2) is 16.1 Å². The number of nitrogens with zero attached hydrogens (tertiary/aromatic N) is 1. The number of hydrogen-bond donors (Lipinski definition) is 1. The summed E-state index contributed by atoms with van der Waals surface area (Å²) in [6, 6.07) is 2.20. The lowest BCUT2D eigenvalue weighted by Crippen LogP contribution is -2.07. The number of aromatic nitrogens is 1. The molecule has 0 unspecified atom stereocenters. The van der Waals surface area contributed by atoms with Gasteiger partial charge in [0.15, 0.2) is 0 Å². The minimum Gasteiger partial charge on any atom is -0.481 e. The molecule has 2 atom stereocenters. The highest BCUT2D eigenvalue weighted by Gasteiger charge is 2.62. The number of hydrogen-bond acceptors (Lipinski definition) is 2. The molecule has 0 aliphatic heterocycles. The molecule has 1 aliphatic carbocycles. The van der Waals surface area contributed by atoms with Crippen LogP contribution in [0.4, 0.5) is 13.2 Å². The van der Waals surface area contributed by atoms with Crippen molar-refractivity contribution in [1.82, 2.24) is 4.98 Å². The number of aliphatic carboxylic acids is 1. The van der Waals surface area contributed by atoms with Crippen molar-refractivity contribution in [2.24, 2.45) is 11.3 Å². The van der Waals surface area contributed by atoms with E-state index >= 15 is 0 Å². The van der Waals surface area contributed by atoms with E-state index in [9.17, 15) is 18.0 Å². The number of carbonyl (C=O) groups is 1. The number of halogens is 3. The number of pyridine rings is 1. The van der Waals surface area contributed by atoms with Gasteiger partial charge in [-0.05, 0) is 17.0 Å². The molecule has 6 heteroatoms. The normalized spacial score (nSPS) is 25.8. The van der Waals surface area contributed by atoms with Crippen LogP contribution in [0, 0.1) is 11.3 Å². The van der Waals surface area contributed by atoms with E-state index in [1.54, 1.807) is 13.8 Å². The Hall–Kier alpha value is -1.59. The zero-order valence-electron chi connectivity index (χ0n) is 9.82. The molecule has 0 saturated heterocycles. The Morgan fingerprint density at radius 3 is 2.33 bits per heavy atom. The van der Waals surface area contributed by atoms with Gasteiger partial charge in [0.25, 0.3) is 0 Å². The summed E-state index contributed by atoms with van der Waals surface area (Å²) >= 11 is 0. The number of carboxylic acid groups (broad SMARTS) is 1. The summed E-state index contributed by atoms with van der Waals surface area (Å²) in [4.78, 5) is 14.3. The molecule has 0 bridgehead atoms. The maximum Gasteiger partial charge on any atom is 0.433 e. The van der Waals surface area contributed by atoms with E-state index in [0.29, 0.717) is 5.56 Å². The summed E-state index contributed by atoms with van der Waals surface area (Å²) in [6.45, 7) is 3.57. The lowest BCUT2D eigenvalue weighted by molar-refractivity contribution is -0.141. The largest absolute Gasteiger partial charge is 0.481 e. The molecular weight excluding hydrogens is 247 g/mol. The predicted octanol–water partition coefficient (Wildman–Crippen LogP) is 2.92. The van der Waals surface area contributed by atoms with E-state index < -0.39 is 29.2 Å². The van der Waals surface area contributed by atoms with Gasteiger partial charge in [0, 0.05) is 12.1 Å². The molecule has 1 fully saturated rings. The third-order valence-electron chi connectivity index (χ3n) is 3.53. The van der Waals surface area contributed by atoms with Gasteiger partial charge in [-0.15, -0.1) is 0 Å². The second-order valence-corrected chi connectivity index (χ2v) is 5.09. The fourth-order valence-corrected chi connectivity index (χ4v) is 2.48. The van der Waals surface area contributed by atoms with Gasteiger partial charge < -0.3 is 5.11 Å². The highest BCUT2D eigenvalue weighted by molar-refractivity contribution is 5.77. The van der Waals surface area contributed by atoms with E-state index in [1.165, 1.54) is 6.07 Å². The Kier molecular flexibility index (Phi) is 2.64. The first-order valence-electron chi connectivity index (χ1n) is 5.41. The number of carboxylic acids is 1. The SMILES string of the molecule is CC1(C)[C@H](C(=O)O)[C@H]1c1ccc(C(F)(F)F)nc1. The van der Waals surface area contributed by atoms with Crippen LogP contribution in [0.15, 0.2) is 18.3 Å². The zero-order chi connectivity index (χ0) is 13.7. The number of alkyl halides is 3. The average Bonchev–Trinajstić information content (AvgIpc) is 2.80. The first-order chi connectivity index (χ1) is 8.15. The molecule has 2 rings (SSSR count). The Labute approximate surface area is 102 Å². The third kappa shape index (κ3) is 1.95. The zero-order valence-corrected chi connectivity index (χ0v) is 9.82. The standard InChI is InChI=1S/C12H12F3NO2/c1-11(2)8(9(11)10(17)18)6-3-4-7(16-5-6)12(13,14)15/h3-5,8-9H,1-2H3,(H,17,18)/t8-,9+/m1/s1. The van der Waals surface area contributed by atoms with E-state index in [2.05, 4.69) is 4.98 Å². The van der Waals surface area contributed by atoms with Gasteiger partial charge in [-0.2, -0.15) is 13.2 Å². The maximum absolute atomic E-state index is 12.3. The van der Waals surface area contributed by atoms with E-state index in [0.717, 1.165) is 12.3 Å². The van der Waals surface area contributed by atoms with Crippen molar-refractivity contribution in [2.45, 2.75) is 25.9 Å². The van der Waals surface area contributed by atoms with Crippen LogP contribution in [0.25, 0.3) is 0 Å². The minimum absolute atomic E-state index is 0.273. The van der Waals surface area contributed by atoms with Crippen molar-refractivity contribution in [3.8, 4) is 0 Å². The predicted molar refractivity (Wildman–Crippen MR) is 56.9 cm³/mol. The van der Waals surface area contributed by atoms with E-state index in [4.69, 9.17) is 5.11 Å². The van der Waals surface area contributed by atoms with Crippen LogP contribution < -0.4 is 0 Å². The quantitative estimate of drug-likeness (QED) is 0.888. The molecule has 3 nitrogen and oxygen atoms in total. The summed E-state index contributed by atoms with van der Waals surface area (Å²) in [5.74, 6) is -1.76. The molecule has 0 spiro atoms. The third-order valence-corrected chi connectivity index (χ3v) is 3.53. The van der Waals surface area contributed by atoms with Crippen LogP contribution in [-0.2, 0) is 11.0 Å². The van der Waals surface area contributed by atoms with Gasteiger partial charge in [-0.3, -0.25) is 9.78 Å². The van der Waals surface area contributed by atoms with Gasteiger partial charge in [0.1, 0.15) is 5.69 Å². The molecule has 1 saturated carbocycles. The maximum atomic E-state index is 12.3. The smallest absolute Gasteiger partial charge is 0.433 e. The summed E-state index contributed by atoms with van der Waals surface area (Å²) < 4.78 is 37.0. The molecule has 18 heavy (non-hydrogen) atoms. The second kappa shape index (κ2) is 3.70. The van der Waals surface area contributed by atoms with Crippen molar-refractivity contribution >= 4 is 5.97 Å². The first-order valence-corrected chi connectivity index (χ1v) is 5.41. The van der Waals surface area contributed by atoms with Crippen molar-refractivity contribution in [1.29, 1.82) is 0 Å². The summed E-state index contributed by atoms with van der Waals surface area (Å²) in [6.07, 6.45) is -3.35. The molecule has 0 amide bonds. The van der Waals surface area contributed by atoms with E-state index in [-0.39, 0.29) is 5.92 Å². The van der Waals surface area contributed by atoms with Crippen LogP contribution in [0.1, 0.15) is 31.0 Å². The molecule has 0 aromatic carbocycles. The Bertz CT molecular complexity index is 479. The van der Waals surface area contributed by atoms with Gasteiger partial charge in [-0.25, -0.2) is 0 Å². The molecule has 1 aromatic heterocycles. The highest BCUT2D eigenvalue weighted by Crippen LogP contribution is 2.64. The Balaban J connectivity index is 2.25. The van der Waals surface area contributed by atoms with Crippen LogP contribution in [0.3, 0.4) is 0 Å². The average molecular weight is 259 g/mol. The Morgan fingerprint density at radius 1 is 1.39 bits per heavy atom. The lowest BCUT2D eigenvalue weighted by atomic mass is 10.0. The summed E-state index contributed by atoms with van der Waals surface area (Å²) in [5.41, 5.74) is -0.857. The summed E-state index contributed by atoms with van der Waals surface area (Å²) in [7, 11) is 0. The molecule has 1 aromatic rings. The highest BCUT2D eigenvalue weighted by atomic mass is 19.4. The van der Waals surface area contributed by atoms with Gasteiger partial charge in [0.05, 0.1) is 5.92 Å². The molecule has 0 radical (unpaired) electrons. The topological polar surface area (TPSA) is 50.2 Å². The van der Waals surface area contributed by atoms with Crippen molar-refractivity contribution in [3.05, 3.63) is 29.6 Å². The minimum atomic E-state index is -4.47. The van der Waals surface area contributed by atoms with E-state index in [1.807, 2.05) is 0 Å². The van der Waals surface area contributed by atoms with Crippen LogP contribution in [0.5, 0.6) is 0 Å². The van der Waals surface area contributed by atoms with Crippen molar-refractivity contribution < 1.29 is 23.1 Å². The van der Waals surface area contributed by atoms with Gasteiger partial charge >= 0.3 is 12.1 Å². The molecular formula is C12H12F3NO2. The van der Waals surface area contributed by atoms with Crippen LogP contribution in [0.2, 0.25) is 0 Å². The number of rotatable bonds is 2. The fourth-order valence-electron chi connectivity index (χ4n) is 2.48. The monoisotopic (exact) mass is 259 g/mol. The van der Waals surface area contributed by atoms with Crippen molar-refractivity contribution in [3.63, 3.8) is 0 Å². The lowest BCUT2D eigenvalue weighted by Gasteiger charge is -2.07. The summed E-state index contributed by atoms with van der Waals surface area (Å²) in [5, 5.41) is 9.00. The second-order valence-electron chi connectivity index (χ2n) is 5.09. The molecule has 98 valence electrons. The van der Waals surface area contributed by atoms with Gasteiger partial charge in [0.2, 0.25) is 0 Å². The van der Waals surface area contributed by atoms with Gasteiger partial charge in [-0.1, -0.05) is 19.9 Å². The Morgan fingerprint density at radius 2 is 2.00 bits per heavy atom.